The van der Waals surface area contributed by atoms with E-state index in [1.807, 2.05) is 0 Å². The first-order valence-corrected chi connectivity index (χ1v) is 5.50. The fourth-order valence-corrected chi connectivity index (χ4v) is 2.02. The molecule has 0 saturated heterocycles. The average Bonchev–Trinajstić information content (AvgIpc) is 2.97. The Morgan fingerprint density at radius 3 is 2.59 bits per heavy atom. The van der Waals surface area contributed by atoms with Crippen LogP contribution in [-0.2, 0) is 16.6 Å². The number of rotatable bonds is 4. The van der Waals surface area contributed by atoms with Gasteiger partial charge in [0.25, 0.3) is 0 Å². The number of amides is 1. The van der Waals surface area contributed by atoms with Gasteiger partial charge in [0.15, 0.2) is 6.04 Å². The second-order valence-corrected chi connectivity index (χ2v) is 4.33. The minimum absolute atomic E-state index is 0.0588. The standard InChI is InChI=1S/C11H15N3O3/c1-7(15)14(8-3-4-8)10(11(16)17)9-5-12-6-13(9)2/h5-6,8,10H,3-4H2,1-2H3,(H,16,17). The average molecular weight is 237 g/mol. The van der Waals surface area contributed by atoms with Crippen LogP contribution in [0.15, 0.2) is 12.5 Å². The summed E-state index contributed by atoms with van der Waals surface area (Å²) in [6.07, 6.45) is 4.79. The van der Waals surface area contributed by atoms with Crippen LogP contribution in [0.2, 0.25) is 0 Å². The first-order valence-electron chi connectivity index (χ1n) is 5.50. The molecule has 1 atom stereocenters. The molecule has 2 rings (SSSR count). The van der Waals surface area contributed by atoms with Gasteiger partial charge in [-0.05, 0) is 12.8 Å². The summed E-state index contributed by atoms with van der Waals surface area (Å²) >= 11 is 0. The highest BCUT2D eigenvalue weighted by atomic mass is 16.4. The topological polar surface area (TPSA) is 75.4 Å². The van der Waals surface area contributed by atoms with E-state index in [2.05, 4.69) is 4.98 Å². The molecule has 92 valence electrons. The number of carboxylic acids is 1. The summed E-state index contributed by atoms with van der Waals surface area (Å²) in [5.41, 5.74) is 0.527. The Bertz CT molecular complexity index is 451. The predicted octanol–water partition coefficient (Wildman–Crippen LogP) is 0.557. The van der Waals surface area contributed by atoms with Crippen LogP contribution in [0.1, 0.15) is 31.5 Å². The van der Waals surface area contributed by atoms with E-state index in [0.29, 0.717) is 5.69 Å². The number of imidazole rings is 1. The Labute approximate surface area is 98.9 Å². The molecule has 1 aliphatic carbocycles. The van der Waals surface area contributed by atoms with E-state index >= 15 is 0 Å². The van der Waals surface area contributed by atoms with Crippen LogP contribution >= 0.6 is 0 Å². The first-order chi connectivity index (χ1) is 8.02. The number of carboxylic acid groups (broad SMARTS) is 1. The number of hydrogen-bond donors (Lipinski definition) is 1. The zero-order valence-electron chi connectivity index (χ0n) is 9.83. The van der Waals surface area contributed by atoms with Gasteiger partial charge < -0.3 is 14.6 Å². The number of nitrogens with zero attached hydrogens (tertiary/aromatic N) is 3. The van der Waals surface area contributed by atoms with E-state index in [1.165, 1.54) is 24.3 Å². The molecule has 0 aromatic carbocycles. The number of aryl methyl sites for hydroxylation is 1. The zero-order chi connectivity index (χ0) is 12.6. The van der Waals surface area contributed by atoms with Crippen molar-refractivity contribution in [3.63, 3.8) is 0 Å². The Morgan fingerprint density at radius 1 is 1.59 bits per heavy atom. The van der Waals surface area contributed by atoms with Crippen LogP contribution in [0.4, 0.5) is 0 Å². The predicted molar refractivity (Wildman–Crippen MR) is 59.1 cm³/mol. The van der Waals surface area contributed by atoms with Crippen LogP contribution in [0.25, 0.3) is 0 Å². The fourth-order valence-electron chi connectivity index (χ4n) is 2.02. The molecule has 1 unspecified atom stereocenters. The van der Waals surface area contributed by atoms with Gasteiger partial charge in [-0.25, -0.2) is 9.78 Å². The molecule has 0 radical (unpaired) electrons. The van der Waals surface area contributed by atoms with E-state index in [-0.39, 0.29) is 11.9 Å². The Balaban J connectivity index is 2.37. The van der Waals surface area contributed by atoms with Crippen LogP contribution < -0.4 is 0 Å². The van der Waals surface area contributed by atoms with E-state index in [9.17, 15) is 14.7 Å². The third-order valence-corrected chi connectivity index (χ3v) is 2.95. The highest BCUT2D eigenvalue weighted by molar-refractivity contribution is 5.83. The molecule has 1 aliphatic rings. The SMILES string of the molecule is CC(=O)N(C1CC1)C(C(=O)O)c1cncn1C. The summed E-state index contributed by atoms with van der Waals surface area (Å²) in [6.45, 7) is 1.41. The quantitative estimate of drug-likeness (QED) is 0.830. The van der Waals surface area contributed by atoms with Crippen LogP contribution in [0.5, 0.6) is 0 Å². The van der Waals surface area contributed by atoms with Crippen LogP contribution in [-0.4, -0.2) is 37.5 Å². The lowest BCUT2D eigenvalue weighted by Crippen LogP contribution is -2.40. The van der Waals surface area contributed by atoms with Gasteiger partial charge in [-0.1, -0.05) is 0 Å². The molecule has 1 aromatic rings. The third-order valence-electron chi connectivity index (χ3n) is 2.95. The van der Waals surface area contributed by atoms with Crippen molar-refractivity contribution in [1.29, 1.82) is 0 Å². The van der Waals surface area contributed by atoms with Crippen molar-refractivity contribution in [3.05, 3.63) is 18.2 Å². The van der Waals surface area contributed by atoms with Crippen LogP contribution in [0.3, 0.4) is 0 Å². The van der Waals surface area contributed by atoms with E-state index in [1.54, 1.807) is 11.6 Å². The largest absolute Gasteiger partial charge is 0.479 e. The lowest BCUT2D eigenvalue weighted by atomic mass is 10.1. The van der Waals surface area contributed by atoms with Gasteiger partial charge >= 0.3 is 5.97 Å². The monoisotopic (exact) mass is 237 g/mol. The number of carbonyl (C=O) groups is 2. The molecule has 1 N–H and O–H groups in total. The van der Waals surface area contributed by atoms with E-state index in [0.717, 1.165) is 12.8 Å². The highest BCUT2D eigenvalue weighted by Crippen LogP contribution is 2.34. The lowest BCUT2D eigenvalue weighted by Gasteiger charge is -2.27. The van der Waals surface area contributed by atoms with Gasteiger partial charge in [-0.3, -0.25) is 4.79 Å². The normalized spacial score (nSPS) is 16.6. The summed E-state index contributed by atoms with van der Waals surface area (Å²) in [6, 6.07) is -0.879. The molecule has 1 amide bonds. The summed E-state index contributed by atoms with van der Waals surface area (Å²) in [5.74, 6) is -1.23. The molecule has 0 spiro atoms. The maximum atomic E-state index is 11.6. The molecular weight excluding hydrogens is 222 g/mol. The van der Waals surface area contributed by atoms with Crippen molar-refractivity contribution in [2.75, 3.05) is 0 Å². The zero-order valence-corrected chi connectivity index (χ0v) is 9.83. The maximum absolute atomic E-state index is 11.6. The van der Waals surface area contributed by atoms with Gasteiger partial charge in [0.05, 0.1) is 18.2 Å². The summed E-state index contributed by atoms with van der Waals surface area (Å²) in [7, 11) is 1.73. The van der Waals surface area contributed by atoms with Gasteiger partial charge in [-0.2, -0.15) is 0 Å². The number of hydrogen-bond acceptors (Lipinski definition) is 3. The van der Waals surface area contributed by atoms with Gasteiger partial charge in [0, 0.05) is 20.0 Å². The molecule has 1 saturated carbocycles. The van der Waals surface area contributed by atoms with Crippen molar-refractivity contribution >= 4 is 11.9 Å². The maximum Gasteiger partial charge on any atom is 0.332 e. The van der Waals surface area contributed by atoms with E-state index in [4.69, 9.17) is 0 Å². The van der Waals surface area contributed by atoms with Crippen molar-refractivity contribution < 1.29 is 14.7 Å². The molecule has 6 heteroatoms. The van der Waals surface area contributed by atoms with Gasteiger partial charge in [0.1, 0.15) is 0 Å². The highest BCUT2D eigenvalue weighted by Gasteiger charge is 2.41. The molecule has 6 nitrogen and oxygen atoms in total. The molecule has 1 fully saturated rings. The van der Waals surface area contributed by atoms with Crippen LogP contribution in [0, 0.1) is 0 Å². The third kappa shape index (κ3) is 2.15. The minimum Gasteiger partial charge on any atom is -0.479 e. The molecule has 0 bridgehead atoms. The molecular formula is C11H15N3O3. The number of carbonyl (C=O) groups excluding carboxylic acids is 1. The molecule has 17 heavy (non-hydrogen) atoms. The molecule has 0 aliphatic heterocycles. The van der Waals surface area contributed by atoms with Crippen molar-refractivity contribution in [1.82, 2.24) is 14.5 Å². The second-order valence-electron chi connectivity index (χ2n) is 4.33. The number of aromatic nitrogens is 2. The second kappa shape index (κ2) is 4.20. The van der Waals surface area contributed by atoms with Crippen molar-refractivity contribution in [3.8, 4) is 0 Å². The smallest absolute Gasteiger partial charge is 0.332 e. The van der Waals surface area contributed by atoms with Gasteiger partial charge in [0.2, 0.25) is 5.91 Å². The van der Waals surface area contributed by atoms with E-state index < -0.39 is 12.0 Å². The Kier molecular flexibility index (Phi) is 2.87. The molecule has 1 aromatic heterocycles. The first kappa shape index (κ1) is 11.6. The molecule has 1 heterocycles. The van der Waals surface area contributed by atoms with Gasteiger partial charge in [-0.15, -0.1) is 0 Å². The summed E-state index contributed by atoms with van der Waals surface area (Å²) in [5, 5.41) is 9.33. The minimum atomic E-state index is -1.02. The number of aliphatic carboxylic acids is 1. The Hall–Kier alpha value is -1.85. The van der Waals surface area contributed by atoms with Crippen molar-refractivity contribution in [2.24, 2.45) is 7.05 Å². The van der Waals surface area contributed by atoms with Crippen molar-refractivity contribution in [2.45, 2.75) is 31.8 Å². The Morgan fingerprint density at radius 2 is 2.24 bits per heavy atom. The fraction of sp³-hybridized carbons (Fsp3) is 0.545. The lowest BCUT2D eigenvalue weighted by molar-refractivity contribution is -0.150. The summed E-state index contributed by atoms with van der Waals surface area (Å²) in [4.78, 5) is 28.4. The summed E-state index contributed by atoms with van der Waals surface area (Å²) < 4.78 is 1.64.